The highest BCUT2D eigenvalue weighted by Crippen LogP contribution is 2.40. The van der Waals surface area contributed by atoms with E-state index in [4.69, 9.17) is 21.1 Å². The van der Waals surface area contributed by atoms with Gasteiger partial charge in [-0.1, -0.05) is 11.6 Å². The minimum Gasteiger partial charge on any atom is -0.469 e. The highest BCUT2D eigenvalue weighted by molar-refractivity contribution is 6.30. The van der Waals surface area contributed by atoms with E-state index in [-0.39, 0.29) is 40.7 Å². The van der Waals surface area contributed by atoms with Gasteiger partial charge in [0, 0.05) is 32.3 Å². The van der Waals surface area contributed by atoms with Crippen LogP contribution < -0.4 is 9.64 Å². The summed E-state index contributed by atoms with van der Waals surface area (Å²) >= 11 is 5.92. The molecule has 178 valence electrons. The Labute approximate surface area is 195 Å². The van der Waals surface area contributed by atoms with Gasteiger partial charge in [0.2, 0.25) is 0 Å². The van der Waals surface area contributed by atoms with Gasteiger partial charge in [0.1, 0.15) is 24.1 Å². The van der Waals surface area contributed by atoms with Crippen molar-refractivity contribution in [2.24, 2.45) is 5.92 Å². The Hall–Kier alpha value is -2.33. The third-order valence-corrected chi connectivity index (χ3v) is 7.42. The topological polar surface area (TPSA) is 80.7 Å². The van der Waals surface area contributed by atoms with Gasteiger partial charge in [0.25, 0.3) is 0 Å². The van der Waals surface area contributed by atoms with Crippen LogP contribution in [0.4, 0.5) is 14.6 Å². The van der Waals surface area contributed by atoms with Gasteiger partial charge < -0.3 is 14.4 Å². The van der Waals surface area contributed by atoms with Crippen molar-refractivity contribution < 1.29 is 23.0 Å². The molecular formula is C22H26ClF2N5O3. The number of esters is 1. The molecule has 33 heavy (non-hydrogen) atoms. The number of ether oxygens (including phenoxy) is 2. The highest BCUT2D eigenvalue weighted by Gasteiger charge is 2.49. The van der Waals surface area contributed by atoms with E-state index in [1.54, 1.807) is 0 Å². The van der Waals surface area contributed by atoms with Crippen molar-refractivity contribution in [2.75, 3.05) is 44.8 Å². The number of fused-ring (bicyclic) bond motifs is 2. The highest BCUT2D eigenvalue weighted by atomic mass is 35.5. The van der Waals surface area contributed by atoms with E-state index < -0.39 is 12.0 Å². The maximum absolute atomic E-state index is 14.9. The maximum Gasteiger partial charge on any atom is 0.319 e. The summed E-state index contributed by atoms with van der Waals surface area (Å²) < 4.78 is 39.8. The van der Waals surface area contributed by atoms with Gasteiger partial charge in [0.05, 0.1) is 24.0 Å². The number of carbonyl (C=O) groups is 1. The predicted molar refractivity (Wildman–Crippen MR) is 118 cm³/mol. The van der Waals surface area contributed by atoms with Gasteiger partial charge in [0.15, 0.2) is 11.0 Å². The molecule has 3 saturated heterocycles. The fraction of sp³-hybridized carbons (Fsp3) is 0.636. The van der Waals surface area contributed by atoms with Crippen LogP contribution in [-0.4, -0.2) is 77.4 Å². The van der Waals surface area contributed by atoms with Crippen LogP contribution in [0.15, 0.2) is 6.20 Å². The Kier molecular flexibility index (Phi) is 5.98. The van der Waals surface area contributed by atoms with Crippen LogP contribution >= 0.6 is 11.6 Å². The van der Waals surface area contributed by atoms with E-state index in [2.05, 4.69) is 19.9 Å². The van der Waals surface area contributed by atoms with Crippen LogP contribution in [-0.2, 0) is 9.53 Å². The van der Waals surface area contributed by atoms with E-state index >= 15 is 0 Å². The van der Waals surface area contributed by atoms with Crippen LogP contribution in [0.1, 0.15) is 32.1 Å². The second kappa shape index (κ2) is 8.79. The average Bonchev–Trinajstić information content (AvgIpc) is 3.35. The van der Waals surface area contributed by atoms with Gasteiger partial charge in [-0.3, -0.25) is 9.69 Å². The summed E-state index contributed by atoms with van der Waals surface area (Å²) in [7, 11) is 1.38. The number of hydrogen-bond acceptors (Lipinski definition) is 8. The molecule has 0 spiro atoms. The molecule has 11 heteroatoms. The molecule has 2 aromatic rings. The number of aromatic nitrogens is 3. The van der Waals surface area contributed by atoms with E-state index in [9.17, 15) is 13.6 Å². The normalized spacial score (nSPS) is 26.1. The van der Waals surface area contributed by atoms with Crippen molar-refractivity contribution in [1.29, 1.82) is 0 Å². The lowest BCUT2D eigenvalue weighted by Crippen LogP contribution is -2.43. The Bertz CT molecular complexity index is 1070. The van der Waals surface area contributed by atoms with Gasteiger partial charge in [-0.2, -0.15) is 9.97 Å². The van der Waals surface area contributed by atoms with Crippen molar-refractivity contribution in [3.63, 3.8) is 0 Å². The van der Waals surface area contributed by atoms with Crippen LogP contribution in [0.2, 0.25) is 5.15 Å². The molecule has 0 aliphatic carbocycles. The molecule has 3 aliphatic heterocycles. The maximum atomic E-state index is 14.9. The number of rotatable bonds is 5. The summed E-state index contributed by atoms with van der Waals surface area (Å²) in [6, 6.07) is 0.0253. The molecule has 0 radical (unpaired) electrons. The Balaban J connectivity index is 1.44. The molecule has 2 atom stereocenters. The number of alkyl halides is 1. The smallest absolute Gasteiger partial charge is 0.319 e. The third-order valence-electron chi connectivity index (χ3n) is 7.16. The lowest BCUT2D eigenvalue weighted by Gasteiger charge is -2.33. The quantitative estimate of drug-likeness (QED) is 0.476. The summed E-state index contributed by atoms with van der Waals surface area (Å²) in [5, 5.41) is 0.144. The van der Waals surface area contributed by atoms with E-state index in [1.807, 2.05) is 4.90 Å². The van der Waals surface area contributed by atoms with Crippen LogP contribution in [0, 0.1) is 11.7 Å². The zero-order chi connectivity index (χ0) is 23.2. The summed E-state index contributed by atoms with van der Waals surface area (Å²) in [4.78, 5) is 28.8. The zero-order valence-corrected chi connectivity index (χ0v) is 19.2. The Morgan fingerprint density at radius 2 is 2.09 bits per heavy atom. The molecule has 0 aromatic carbocycles. The first-order chi connectivity index (χ1) is 15.9. The average molecular weight is 482 g/mol. The van der Waals surface area contributed by atoms with Gasteiger partial charge in [-0.05, 0) is 32.2 Å². The van der Waals surface area contributed by atoms with Crippen molar-refractivity contribution in [3.05, 3.63) is 17.2 Å². The molecule has 8 nitrogen and oxygen atoms in total. The number of hydrogen-bond donors (Lipinski definition) is 0. The fourth-order valence-corrected chi connectivity index (χ4v) is 5.58. The van der Waals surface area contributed by atoms with E-state index in [1.165, 1.54) is 13.3 Å². The fourth-order valence-electron chi connectivity index (χ4n) is 5.45. The molecule has 0 bridgehead atoms. The summed E-state index contributed by atoms with van der Waals surface area (Å²) in [6.45, 7) is 2.58. The molecule has 0 unspecified atom stereocenters. The lowest BCUT2D eigenvalue weighted by atomic mass is 9.95. The summed E-state index contributed by atoms with van der Waals surface area (Å²) in [5.41, 5.74) is -0.341. The first-order valence-electron chi connectivity index (χ1n) is 11.3. The minimum absolute atomic E-state index is 0.0253. The number of carbonyl (C=O) groups excluding carboxylic acids is 1. The van der Waals surface area contributed by atoms with Gasteiger partial charge in [-0.15, -0.1) is 0 Å². The van der Waals surface area contributed by atoms with Crippen molar-refractivity contribution in [2.45, 2.75) is 43.8 Å². The van der Waals surface area contributed by atoms with E-state index in [0.717, 1.165) is 19.4 Å². The largest absolute Gasteiger partial charge is 0.469 e. The molecule has 5 rings (SSSR count). The standard InChI is InChI=1S/C22H26ClF2N5O3/c1-32-20(31)13-3-7-29(8-4-13)19-15-10-26-18(23)16(25)17(15)27-21(28-19)33-12-22-5-2-6-30(22)11-14(24)9-22/h10,13-14H,2-9,11-12H2,1H3/t14-,22+/m1/s1. The molecule has 2 aromatic heterocycles. The number of piperidine rings is 1. The molecule has 3 fully saturated rings. The molecule has 5 heterocycles. The lowest BCUT2D eigenvalue weighted by molar-refractivity contribution is -0.146. The molecule has 0 amide bonds. The number of pyridine rings is 1. The van der Waals surface area contributed by atoms with E-state index in [0.29, 0.717) is 50.1 Å². The van der Waals surface area contributed by atoms with Crippen LogP contribution in [0.5, 0.6) is 6.01 Å². The second-order valence-corrected chi connectivity index (χ2v) is 9.46. The first-order valence-corrected chi connectivity index (χ1v) is 11.6. The summed E-state index contributed by atoms with van der Waals surface area (Å²) in [6.07, 6.45) is 4.01. The molecule has 3 aliphatic rings. The number of halogens is 3. The first kappa shape index (κ1) is 22.5. The number of nitrogens with zero attached hydrogens (tertiary/aromatic N) is 5. The zero-order valence-electron chi connectivity index (χ0n) is 18.4. The number of anilines is 1. The SMILES string of the molecule is COC(=O)C1CCN(c2nc(OC[C@@]34CCCN3C[C@H](F)C4)nc3c(F)c(Cl)ncc23)CC1. The predicted octanol–water partition coefficient (Wildman–Crippen LogP) is 3.16. The molecular weight excluding hydrogens is 456 g/mol. The third kappa shape index (κ3) is 4.07. The second-order valence-electron chi connectivity index (χ2n) is 9.10. The summed E-state index contributed by atoms with van der Waals surface area (Å²) in [5.74, 6) is -0.661. The molecule has 0 N–H and O–H groups in total. The van der Waals surface area contributed by atoms with Crippen molar-refractivity contribution in [1.82, 2.24) is 19.9 Å². The van der Waals surface area contributed by atoms with Gasteiger partial charge >= 0.3 is 12.0 Å². The molecule has 0 saturated carbocycles. The number of methoxy groups -OCH3 is 1. The minimum atomic E-state index is -0.875. The van der Waals surface area contributed by atoms with Crippen molar-refractivity contribution in [3.8, 4) is 6.01 Å². The Morgan fingerprint density at radius 3 is 2.85 bits per heavy atom. The van der Waals surface area contributed by atoms with Crippen LogP contribution in [0.3, 0.4) is 0 Å². The monoisotopic (exact) mass is 481 g/mol. The van der Waals surface area contributed by atoms with Crippen molar-refractivity contribution >= 4 is 34.3 Å². The Morgan fingerprint density at radius 1 is 1.30 bits per heavy atom. The van der Waals surface area contributed by atoms with Crippen LogP contribution in [0.25, 0.3) is 10.9 Å². The van der Waals surface area contributed by atoms with Gasteiger partial charge in [-0.25, -0.2) is 13.8 Å².